The lowest BCUT2D eigenvalue weighted by molar-refractivity contribution is -0.111. The molecule has 2 rings (SSSR count). The molecule has 0 saturated heterocycles. The molecule has 3 heteroatoms. The van der Waals surface area contributed by atoms with Crippen molar-refractivity contribution in [3.8, 4) is 0 Å². The van der Waals surface area contributed by atoms with Crippen molar-refractivity contribution in [1.29, 1.82) is 0 Å². The predicted molar refractivity (Wildman–Crippen MR) is 66.9 cm³/mol. The molecule has 1 heterocycles. The van der Waals surface area contributed by atoms with Gasteiger partial charge in [-0.05, 0) is 30.5 Å². The molecular weight excluding hydrogens is 200 g/mol. The van der Waals surface area contributed by atoms with Crippen LogP contribution in [0.5, 0.6) is 0 Å². The molecule has 0 spiro atoms. The van der Waals surface area contributed by atoms with Crippen LogP contribution in [-0.2, 0) is 11.2 Å². The third-order valence-corrected chi connectivity index (χ3v) is 2.88. The summed E-state index contributed by atoms with van der Waals surface area (Å²) in [5, 5.41) is 2.85. The molecule has 0 radical (unpaired) electrons. The summed E-state index contributed by atoms with van der Waals surface area (Å²) in [7, 11) is 2.06. The highest BCUT2D eigenvalue weighted by molar-refractivity contribution is 6.01. The van der Waals surface area contributed by atoms with E-state index in [9.17, 15) is 4.79 Å². The Bertz CT molecular complexity index is 426. The number of rotatable bonds is 2. The third-order valence-electron chi connectivity index (χ3n) is 2.88. The number of hydrogen-bond donors (Lipinski definition) is 1. The second-order valence-corrected chi connectivity index (χ2v) is 4.03. The lowest BCUT2D eigenvalue weighted by atomic mass is 10.0. The average Bonchev–Trinajstić information content (AvgIpc) is 2.29. The molecule has 1 aromatic rings. The number of benzene rings is 1. The van der Waals surface area contributed by atoms with E-state index in [0.29, 0.717) is 0 Å². The molecule has 3 nitrogen and oxygen atoms in total. The van der Waals surface area contributed by atoms with E-state index in [1.165, 1.54) is 18.1 Å². The molecule has 84 valence electrons. The second kappa shape index (κ2) is 4.39. The minimum absolute atomic E-state index is 0.160. The molecule has 1 aliphatic heterocycles. The third kappa shape index (κ3) is 1.94. The standard InChI is InChI=1S/C13H16N2O/c1-3-12(16)14-11-8-4-6-10-7-5-9-15(2)13(10)11/h3-4,6,8H,1,5,7,9H2,2H3,(H,14,16). The fourth-order valence-electron chi connectivity index (χ4n) is 2.15. The minimum Gasteiger partial charge on any atom is -0.373 e. The van der Waals surface area contributed by atoms with E-state index in [2.05, 4.69) is 29.9 Å². The maximum absolute atomic E-state index is 11.3. The average molecular weight is 216 g/mol. The Morgan fingerprint density at radius 3 is 3.12 bits per heavy atom. The highest BCUT2D eigenvalue weighted by Gasteiger charge is 2.17. The molecular formula is C13H16N2O. The molecule has 0 aromatic heterocycles. The summed E-state index contributed by atoms with van der Waals surface area (Å²) in [6.07, 6.45) is 3.54. The number of fused-ring (bicyclic) bond motifs is 1. The largest absolute Gasteiger partial charge is 0.373 e. The van der Waals surface area contributed by atoms with Gasteiger partial charge in [0.25, 0.3) is 0 Å². The number of amides is 1. The monoisotopic (exact) mass is 216 g/mol. The zero-order valence-corrected chi connectivity index (χ0v) is 9.49. The molecule has 1 aromatic carbocycles. The molecule has 16 heavy (non-hydrogen) atoms. The van der Waals surface area contributed by atoms with Crippen LogP contribution in [-0.4, -0.2) is 19.5 Å². The van der Waals surface area contributed by atoms with Crippen LogP contribution in [0.2, 0.25) is 0 Å². The van der Waals surface area contributed by atoms with E-state index in [0.717, 1.165) is 24.3 Å². The highest BCUT2D eigenvalue weighted by atomic mass is 16.1. The number of nitrogens with zero attached hydrogens (tertiary/aromatic N) is 1. The van der Waals surface area contributed by atoms with Gasteiger partial charge in [-0.2, -0.15) is 0 Å². The zero-order valence-electron chi connectivity index (χ0n) is 9.49. The predicted octanol–water partition coefficient (Wildman–Crippen LogP) is 2.19. The van der Waals surface area contributed by atoms with Crippen LogP contribution in [0, 0.1) is 0 Å². The lowest BCUT2D eigenvalue weighted by Gasteiger charge is -2.29. The fraction of sp³-hybridized carbons (Fsp3) is 0.308. The summed E-state index contributed by atoms with van der Waals surface area (Å²) >= 11 is 0. The van der Waals surface area contributed by atoms with Crippen molar-refractivity contribution in [2.45, 2.75) is 12.8 Å². The second-order valence-electron chi connectivity index (χ2n) is 4.03. The normalized spacial score (nSPS) is 14.2. The SMILES string of the molecule is C=CC(=O)Nc1cccc2c1N(C)CCC2. The van der Waals surface area contributed by atoms with Gasteiger partial charge in [-0.1, -0.05) is 18.7 Å². The number of carbonyl (C=O) groups is 1. The molecule has 0 saturated carbocycles. The highest BCUT2D eigenvalue weighted by Crippen LogP contribution is 2.33. The first-order valence-corrected chi connectivity index (χ1v) is 5.49. The van der Waals surface area contributed by atoms with Gasteiger partial charge >= 0.3 is 0 Å². The van der Waals surface area contributed by atoms with Gasteiger partial charge < -0.3 is 10.2 Å². The first-order chi connectivity index (χ1) is 7.72. The Balaban J connectivity index is 2.38. The van der Waals surface area contributed by atoms with Gasteiger partial charge in [0.1, 0.15) is 0 Å². The lowest BCUT2D eigenvalue weighted by Crippen LogP contribution is -2.26. The van der Waals surface area contributed by atoms with Crippen LogP contribution >= 0.6 is 0 Å². The van der Waals surface area contributed by atoms with E-state index in [-0.39, 0.29) is 5.91 Å². The van der Waals surface area contributed by atoms with E-state index < -0.39 is 0 Å². The van der Waals surface area contributed by atoms with Crippen LogP contribution in [0.15, 0.2) is 30.9 Å². The smallest absolute Gasteiger partial charge is 0.247 e. The van der Waals surface area contributed by atoms with Crippen molar-refractivity contribution in [1.82, 2.24) is 0 Å². The van der Waals surface area contributed by atoms with E-state index in [1.54, 1.807) is 0 Å². The van der Waals surface area contributed by atoms with E-state index in [1.807, 2.05) is 12.1 Å². The Kier molecular flexibility index (Phi) is 2.95. The molecule has 0 aliphatic carbocycles. The summed E-state index contributed by atoms with van der Waals surface area (Å²) in [4.78, 5) is 13.5. The van der Waals surface area contributed by atoms with Crippen molar-refractivity contribution in [3.05, 3.63) is 36.4 Å². The van der Waals surface area contributed by atoms with Gasteiger partial charge in [-0.3, -0.25) is 4.79 Å². The van der Waals surface area contributed by atoms with Crippen LogP contribution in [0.3, 0.4) is 0 Å². The number of anilines is 2. The van der Waals surface area contributed by atoms with Gasteiger partial charge in [0.05, 0.1) is 11.4 Å². The van der Waals surface area contributed by atoms with E-state index >= 15 is 0 Å². The summed E-state index contributed by atoms with van der Waals surface area (Å²) in [6, 6.07) is 6.04. The van der Waals surface area contributed by atoms with Gasteiger partial charge in [0.2, 0.25) is 5.91 Å². The fourth-order valence-corrected chi connectivity index (χ4v) is 2.15. The maximum Gasteiger partial charge on any atom is 0.247 e. The van der Waals surface area contributed by atoms with Crippen LogP contribution < -0.4 is 10.2 Å². The number of aryl methyl sites for hydroxylation is 1. The van der Waals surface area contributed by atoms with Crippen LogP contribution in [0.4, 0.5) is 11.4 Å². The molecule has 0 atom stereocenters. The number of hydrogen-bond acceptors (Lipinski definition) is 2. The first-order valence-electron chi connectivity index (χ1n) is 5.49. The summed E-state index contributed by atoms with van der Waals surface area (Å²) in [5.41, 5.74) is 3.32. The summed E-state index contributed by atoms with van der Waals surface area (Å²) in [6.45, 7) is 4.50. The quantitative estimate of drug-likeness (QED) is 0.769. The van der Waals surface area contributed by atoms with Gasteiger partial charge in [0.15, 0.2) is 0 Å². The minimum atomic E-state index is -0.160. The molecule has 1 aliphatic rings. The summed E-state index contributed by atoms with van der Waals surface area (Å²) < 4.78 is 0. The van der Waals surface area contributed by atoms with Crippen molar-refractivity contribution in [2.75, 3.05) is 23.8 Å². The van der Waals surface area contributed by atoms with Gasteiger partial charge in [-0.15, -0.1) is 0 Å². The topological polar surface area (TPSA) is 32.3 Å². The molecule has 1 amide bonds. The Morgan fingerprint density at radius 2 is 2.38 bits per heavy atom. The molecule has 0 bridgehead atoms. The number of para-hydroxylation sites is 1. The zero-order chi connectivity index (χ0) is 11.5. The van der Waals surface area contributed by atoms with Gasteiger partial charge in [0, 0.05) is 13.6 Å². The maximum atomic E-state index is 11.3. The molecule has 1 N–H and O–H groups in total. The Morgan fingerprint density at radius 1 is 1.56 bits per heavy atom. The van der Waals surface area contributed by atoms with Crippen LogP contribution in [0.1, 0.15) is 12.0 Å². The van der Waals surface area contributed by atoms with Crippen molar-refractivity contribution in [3.63, 3.8) is 0 Å². The number of carbonyl (C=O) groups excluding carboxylic acids is 1. The first kappa shape index (κ1) is 10.7. The van der Waals surface area contributed by atoms with Crippen molar-refractivity contribution in [2.24, 2.45) is 0 Å². The van der Waals surface area contributed by atoms with Crippen molar-refractivity contribution >= 4 is 17.3 Å². The summed E-state index contributed by atoms with van der Waals surface area (Å²) in [5.74, 6) is -0.160. The van der Waals surface area contributed by atoms with E-state index in [4.69, 9.17) is 0 Å². The Hall–Kier alpha value is -1.77. The van der Waals surface area contributed by atoms with Crippen LogP contribution in [0.25, 0.3) is 0 Å². The van der Waals surface area contributed by atoms with Gasteiger partial charge in [-0.25, -0.2) is 0 Å². The van der Waals surface area contributed by atoms with Crippen molar-refractivity contribution < 1.29 is 4.79 Å². The molecule has 0 unspecified atom stereocenters. The Labute approximate surface area is 95.8 Å². The molecule has 0 fully saturated rings. The number of nitrogens with one attached hydrogen (secondary N) is 1.